The molecule has 0 aliphatic carbocycles. The van der Waals surface area contributed by atoms with Gasteiger partial charge in [0.25, 0.3) is 5.91 Å². The molecule has 1 unspecified atom stereocenters. The molecule has 5 heteroatoms. The zero-order chi connectivity index (χ0) is 12.3. The average molecular weight is 318 g/mol. The largest absolute Gasteiger partial charge is 0.350 e. The quantitative estimate of drug-likeness (QED) is 0.899. The van der Waals surface area contributed by atoms with E-state index in [1.807, 2.05) is 0 Å². The molecule has 0 spiro atoms. The minimum Gasteiger partial charge on any atom is -0.350 e. The van der Waals surface area contributed by atoms with Crippen molar-refractivity contribution in [2.45, 2.75) is 18.9 Å². The molecule has 0 bridgehead atoms. The fourth-order valence-corrected chi connectivity index (χ4v) is 2.38. The van der Waals surface area contributed by atoms with Crippen LogP contribution in [0.3, 0.4) is 0 Å². The molecule has 1 atom stereocenters. The van der Waals surface area contributed by atoms with Crippen LogP contribution in [-0.4, -0.2) is 25.0 Å². The Bertz CT molecular complexity index is 419. The van der Waals surface area contributed by atoms with Gasteiger partial charge in [0.05, 0.1) is 5.02 Å². The maximum Gasteiger partial charge on any atom is 0.251 e. The molecule has 0 aromatic heterocycles. The molecule has 3 nitrogen and oxygen atoms in total. The molecular weight excluding hydrogens is 304 g/mol. The number of rotatable bonds is 3. The van der Waals surface area contributed by atoms with Gasteiger partial charge < -0.3 is 10.6 Å². The lowest BCUT2D eigenvalue weighted by Gasteiger charge is -2.11. The monoisotopic (exact) mass is 316 g/mol. The summed E-state index contributed by atoms with van der Waals surface area (Å²) >= 11 is 9.18. The van der Waals surface area contributed by atoms with E-state index in [9.17, 15) is 4.79 Å². The third-order valence-electron chi connectivity index (χ3n) is 2.85. The van der Waals surface area contributed by atoms with Crippen LogP contribution in [0.15, 0.2) is 22.7 Å². The number of amides is 1. The van der Waals surface area contributed by atoms with Gasteiger partial charge in [0, 0.05) is 22.6 Å². The second-order valence-corrected chi connectivity index (χ2v) is 5.39. The highest BCUT2D eigenvalue weighted by atomic mass is 79.9. The van der Waals surface area contributed by atoms with Crippen LogP contribution in [0.1, 0.15) is 23.2 Å². The first-order valence-corrected chi connectivity index (χ1v) is 6.80. The van der Waals surface area contributed by atoms with Gasteiger partial charge in [-0.3, -0.25) is 4.79 Å². The summed E-state index contributed by atoms with van der Waals surface area (Å²) in [6.07, 6.45) is 2.32. The fraction of sp³-hybridized carbons (Fsp3) is 0.417. The third-order valence-corrected chi connectivity index (χ3v) is 4.07. The molecule has 17 heavy (non-hydrogen) atoms. The second kappa shape index (κ2) is 5.85. The van der Waals surface area contributed by atoms with Gasteiger partial charge in [-0.2, -0.15) is 0 Å². The standard InChI is InChI=1S/C12H14BrClN2O/c13-10-6-8(3-4-11(10)14)12(17)16-7-9-2-1-5-15-9/h3-4,6,9,15H,1-2,5,7H2,(H,16,17). The summed E-state index contributed by atoms with van der Waals surface area (Å²) in [5, 5.41) is 6.87. The van der Waals surface area contributed by atoms with Crippen molar-refractivity contribution >= 4 is 33.4 Å². The minimum atomic E-state index is -0.0592. The Balaban J connectivity index is 1.92. The number of carbonyl (C=O) groups excluding carboxylic acids is 1. The molecule has 1 aliphatic heterocycles. The molecule has 1 aromatic carbocycles. The lowest BCUT2D eigenvalue weighted by molar-refractivity contribution is 0.0950. The van der Waals surface area contributed by atoms with Gasteiger partial charge >= 0.3 is 0 Å². The number of benzene rings is 1. The van der Waals surface area contributed by atoms with E-state index in [0.717, 1.165) is 17.4 Å². The highest BCUT2D eigenvalue weighted by Crippen LogP contribution is 2.23. The van der Waals surface area contributed by atoms with E-state index in [4.69, 9.17) is 11.6 Å². The van der Waals surface area contributed by atoms with Gasteiger partial charge in [-0.05, 0) is 53.5 Å². The van der Waals surface area contributed by atoms with Crippen LogP contribution >= 0.6 is 27.5 Å². The van der Waals surface area contributed by atoms with Crippen LogP contribution in [0.2, 0.25) is 5.02 Å². The van der Waals surface area contributed by atoms with Crippen molar-refractivity contribution in [3.8, 4) is 0 Å². The number of nitrogens with one attached hydrogen (secondary N) is 2. The Hall–Kier alpha value is -0.580. The molecule has 1 fully saturated rings. The Morgan fingerprint density at radius 1 is 1.59 bits per heavy atom. The van der Waals surface area contributed by atoms with Crippen LogP contribution in [0, 0.1) is 0 Å². The van der Waals surface area contributed by atoms with E-state index in [0.29, 0.717) is 23.2 Å². The number of hydrogen-bond donors (Lipinski definition) is 2. The summed E-state index contributed by atoms with van der Waals surface area (Å²) in [6, 6.07) is 5.59. The average Bonchev–Trinajstić information content (AvgIpc) is 2.82. The highest BCUT2D eigenvalue weighted by molar-refractivity contribution is 9.10. The first-order chi connectivity index (χ1) is 8.16. The van der Waals surface area contributed by atoms with Crippen LogP contribution in [0.25, 0.3) is 0 Å². The summed E-state index contributed by atoms with van der Waals surface area (Å²) in [4.78, 5) is 11.9. The van der Waals surface area contributed by atoms with Gasteiger partial charge in [-0.15, -0.1) is 0 Å². The molecular formula is C12H14BrClN2O. The van der Waals surface area contributed by atoms with E-state index in [2.05, 4.69) is 26.6 Å². The summed E-state index contributed by atoms with van der Waals surface area (Å²) in [5.74, 6) is -0.0592. The van der Waals surface area contributed by atoms with Gasteiger partial charge in [0.1, 0.15) is 0 Å². The molecule has 1 aliphatic rings. The smallest absolute Gasteiger partial charge is 0.251 e. The summed E-state index contributed by atoms with van der Waals surface area (Å²) in [5.41, 5.74) is 0.624. The van der Waals surface area contributed by atoms with Crippen LogP contribution < -0.4 is 10.6 Å². The molecule has 0 radical (unpaired) electrons. The zero-order valence-electron chi connectivity index (χ0n) is 9.30. The summed E-state index contributed by atoms with van der Waals surface area (Å²) < 4.78 is 0.741. The Kier molecular flexibility index (Phi) is 4.42. The molecule has 1 amide bonds. The molecule has 1 saturated heterocycles. The molecule has 1 heterocycles. The van der Waals surface area contributed by atoms with Crippen molar-refractivity contribution in [1.29, 1.82) is 0 Å². The SMILES string of the molecule is O=C(NCC1CCCN1)c1ccc(Cl)c(Br)c1. The molecule has 92 valence electrons. The second-order valence-electron chi connectivity index (χ2n) is 4.13. The number of hydrogen-bond acceptors (Lipinski definition) is 2. The van der Waals surface area contributed by atoms with Crippen molar-refractivity contribution in [3.05, 3.63) is 33.3 Å². The van der Waals surface area contributed by atoms with Crippen molar-refractivity contribution in [2.75, 3.05) is 13.1 Å². The van der Waals surface area contributed by atoms with Gasteiger partial charge in [-0.1, -0.05) is 11.6 Å². The lowest BCUT2D eigenvalue weighted by atomic mass is 10.2. The van der Waals surface area contributed by atoms with Crippen LogP contribution in [0.4, 0.5) is 0 Å². The third kappa shape index (κ3) is 3.44. The lowest BCUT2D eigenvalue weighted by Crippen LogP contribution is -2.37. The van der Waals surface area contributed by atoms with Crippen LogP contribution in [0.5, 0.6) is 0 Å². The van der Waals surface area contributed by atoms with Crippen LogP contribution in [-0.2, 0) is 0 Å². The zero-order valence-corrected chi connectivity index (χ0v) is 11.6. The van der Waals surface area contributed by atoms with E-state index in [-0.39, 0.29) is 5.91 Å². The van der Waals surface area contributed by atoms with Crippen molar-refractivity contribution in [1.82, 2.24) is 10.6 Å². The van der Waals surface area contributed by atoms with Gasteiger partial charge in [0.2, 0.25) is 0 Å². The molecule has 1 aromatic rings. The first kappa shape index (κ1) is 12.9. The molecule has 0 saturated carbocycles. The number of carbonyl (C=O) groups is 1. The maximum atomic E-state index is 11.9. The van der Waals surface area contributed by atoms with Gasteiger partial charge in [0.15, 0.2) is 0 Å². The molecule has 2 N–H and O–H groups in total. The predicted molar refractivity (Wildman–Crippen MR) is 72.5 cm³/mol. The van der Waals surface area contributed by atoms with Crippen molar-refractivity contribution in [3.63, 3.8) is 0 Å². The predicted octanol–water partition coefficient (Wildman–Crippen LogP) is 2.58. The van der Waals surface area contributed by atoms with Crippen molar-refractivity contribution in [2.24, 2.45) is 0 Å². The Labute approximate surface area is 114 Å². The highest BCUT2D eigenvalue weighted by Gasteiger charge is 2.15. The summed E-state index contributed by atoms with van der Waals surface area (Å²) in [7, 11) is 0. The van der Waals surface area contributed by atoms with E-state index in [1.54, 1.807) is 18.2 Å². The van der Waals surface area contributed by atoms with Gasteiger partial charge in [-0.25, -0.2) is 0 Å². The minimum absolute atomic E-state index is 0.0592. The topological polar surface area (TPSA) is 41.1 Å². The Morgan fingerprint density at radius 3 is 3.06 bits per heavy atom. The van der Waals surface area contributed by atoms with E-state index in [1.165, 1.54) is 6.42 Å². The number of halogens is 2. The summed E-state index contributed by atoms with van der Waals surface area (Å²) in [6.45, 7) is 1.73. The van der Waals surface area contributed by atoms with E-state index < -0.39 is 0 Å². The molecule has 2 rings (SSSR count). The maximum absolute atomic E-state index is 11.9. The Morgan fingerprint density at radius 2 is 2.41 bits per heavy atom. The normalized spacial score (nSPS) is 19.3. The first-order valence-electron chi connectivity index (χ1n) is 5.63. The fourth-order valence-electron chi connectivity index (χ4n) is 1.89. The van der Waals surface area contributed by atoms with E-state index >= 15 is 0 Å². The van der Waals surface area contributed by atoms with Crippen molar-refractivity contribution < 1.29 is 4.79 Å².